The average Bonchev–Trinajstić information content (AvgIpc) is 3.03. The van der Waals surface area contributed by atoms with Gasteiger partial charge in [-0.25, -0.2) is 0 Å². The van der Waals surface area contributed by atoms with Crippen LogP contribution in [-0.2, 0) is 14.4 Å². The van der Waals surface area contributed by atoms with Gasteiger partial charge in [-0.05, 0) is 30.8 Å². The second-order valence-electron chi connectivity index (χ2n) is 6.89. The summed E-state index contributed by atoms with van der Waals surface area (Å²) in [4.78, 5) is 42.2. The Morgan fingerprint density at radius 1 is 1.12 bits per heavy atom. The van der Waals surface area contributed by atoms with Gasteiger partial charge in [0.25, 0.3) is 0 Å². The van der Waals surface area contributed by atoms with E-state index in [0.717, 1.165) is 38.4 Å². The number of piperazine rings is 1. The Morgan fingerprint density at radius 3 is 2.35 bits per heavy atom. The molecular weight excluding hydrogens is 332 g/mol. The van der Waals surface area contributed by atoms with E-state index < -0.39 is 0 Å². The summed E-state index contributed by atoms with van der Waals surface area (Å²) in [6.07, 6.45) is 0.264. The van der Waals surface area contributed by atoms with Crippen LogP contribution in [0.1, 0.15) is 20.3 Å². The zero-order valence-electron chi connectivity index (χ0n) is 15.4. The molecule has 26 heavy (non-hydrogen) atoms. The summed E-state index contributed by atoms with van der Waals surface area (Å²) in [7, 11) is 0. The fourth-order valence-corrected chi connectivity index (χ4v) is 3.59. The molecule has 2 aliphatic heterocycles. The predicted molar refractivity (Wildman–Crippen MR) is 99.9 cm³/mol. The van der Waals surface area contributed by atoms with Crippen molar-refractivity contribution in [2.75, 3.05) is 49.5 Å². The molecule has 0 bridgehead atoms. The van der Waals surface area contributed by atoms with Crippen LogP contribution in [0.2, 0.25) is 0 Å². The number of hydrogen-bond acceptors (Lipinski definition) is 4. The SMILES string of the molecule is CCN1CCN(C(=O)C2CC(=O)N(c3ccc(NC(C)=O)cc3)C2)CC1. The summed E-state index contributed by atoms with van der Waals surface area (Å²) in [6.45, 7) is 8.29. The number of amides is 3. The molecule has 0 radical (unpaired) electrons. The van der Waals surface area contributed by atoms with E-state index >= 15 is 0 Å². The number of carbonyl (C=O) groups is 3. The molecule has 0 spiro atoms. The highest BCUT2D eigenvalue weighted by atomic mass is 16.2. The first-order valence-corrected chi connectivity index (χ1v) is 9.17. The van der Waals surface area contributed by atoms with Crippen LogP contribution in [0, 0.1) is 5.92 Å². The van der Waals surface area contributed by atoms with E-state index in [1.54, 1.807) is 29.2 Å². The van der Waals surface area contributed by atoms with E-state index in [4.69, 9.17) is 0 Å². The molecule has 3 amide bonds. The van der Waals surface area contributed by atoms with Gasteiger partial charge in [0.2, 0.25) is 17.7 Å². The van der Waals surface area contributed by atoms with Gasteiger partial charge in [0.05, 0.1) is 5.92 Å². The maximum atomic E-state index is 12.8. The highest BCUT2D eigenvalue weighted by molar-refractivity contribution is 6.00. The fourth-order valence-electron chi connectivity index (χ4n) is 3.59. The van der Waals surface area contributed by atoms with Gasteiger partial charge >= 0.3 is 0 Å². The quantitative estimate of drug-likeness (QED) is 0.877. The highest BCUT2D eigenvalue weighted by Crippen LogP contribution is 2.27. The third-order valence-electron chi connectivity index (χ3n) is 5.10. The lowest BCUT2D eigenvalue weighted by Gasteiger charge is -2.35. The summed E-state index contributed by atoms with van der Waals surface area (Å²) in [6, 6.07) is 7.14. The fraction of sp³-hybridized carbons (Fsp3) is 0.526. The maximum Gasteiger partial charge on any atom is 0.228 e. The molecule has 1 aromatic carbocycles. The van der Waals surface area contributed by atoms with E-state index in [1.807, 2.05) is 4.90 Å². The monoisotopic (exact) mass is 358 g/mol. The second kappa shape index (κ2) is 7.86. The number of carbonyl (C=O) groups excluding carboxylic acids is 3. The second-order valence-corrected chi connectivity index (χ2v) is 6.89. The summed E-state index contributed by atoms with van der Waals surface area (Å²) >= 11 is 0. The molecule has 1 aromatic rings. The van der Waals surface area contributed by atoms with Crippen LogP contribution < -0.4 is 10.2 Å². The zero-order valence-corrected chi connectivity index (χ0v) is 15.4. The molecule has 2 heterocycles. The smallest absolute Gasteiger partial charge is 0.228 e. The van der Waals surface area contributed by atoms with Gasteiger partial charge in [0, 0.05) is 57.4 Å². The number of hydrogen-bond donors (Lipinski definition) is 1. The van der Waals surface area contributed by atoms with Crippen molar-refractivity contribution < 1.29 is 14.4 Å². The van der Waals surface area contributed by atoms with E-state index in [0.29, 0.717) is 12.2 Å². The Hall–Kier alpha value is -2.41. The van der Waals surface area contributed by atoms with Crippen molar-refractivity contribution in [2.24, 2.45) is 5.92 Å². The molecule has 1 unspecified atom stereocenters. The first kappa shape index (κ1) is 18.4. The Kier molecular flexibility index (Phi) is 5.56. The van der Waals surface area contributed by atoms with Crippen molar-refractivity contribution >= 4 is 29.1 Å². The topological polar surface area (TPSA) is 73.0 Å². The van der Waals surface area contributed by atoms with Gasteiger partial charge < -0.3 is 20.0 Å². The van der Waals surface area contributed by atoms with Crippen LogP contribution in [0.5, 0.6) is 0 Å². The van der Waals surface area contributed by atoms with Crippen molar-refractivity contribution in [3.8, 4) is 0 Å². The minimum atomic E-state index is -0.273. The average molecular weight is 358 g/mol. The number of rotatable bonds is 4. The molecule has 7 heteroatoms. The number of anilines is 2. The summed E-state index contributed by atoms with van der Waals surface area (Å²) in [5.41, 5.74) is 1.45. The summed E-state index contributed by atoms with van der Waals surface area (Å²) in [5.74, 6) is -0.344. The van der Waals surface area contributed by atoms with Gasteiger partial charge in [-0.3, -0.25) is 14.4 Å². The molecule has 0 aromatic heterocycles. The van der Waals surface area contributed by atoms with Crippen LogP contribution >= 0.6 is 0 Å². The van der Waals surface area contributed by atoms with Gasteiger partial charge in [0.1, 0.15) is 0 Å². The normalized spacial score (nSPS) is 21.2. The Morgan fingerprint density at radius 2 is 1.77 bits per heavy atom. The first-order chi connectivity index (χ1) is 12.5. The van der Waals surface area contributed by atoms with Crippen molar-refractivity contribution in [2.45, 2.75) is 20.3 Å². The third-order valence-corrected chi connectivity index (χ3v) is 5.10. The first-order valence-electron chi connectivity index (χ1n) is 9.17. The van der Waals surface area contributed by atoms with Gasteiger partial charge in [-0.1, -0.05) is 6.92 Å². The molecule has 3 rings (SSSR count). The van der Waals surface area contributed by atoms with Crippen LogP contribution in [-0.4, -0.2) is 66.8 Å². The molecule has 2 fully saturated rings. The molecule has 140 valence electrons. The van der Waals surface area contributed by atoms with E-state index in [2.05, 4.69) is 17.1 Å². The highest BCUT2D eigenvalue weighted by Gasteiger charge is 2.37. The Labute approximate surface area is 153 Å². The number of nitrogens with one attached hydrogen (secondary N) is 1. The standard InChI is InChI=1S/C19H26N4O3/c1-3-21-8-10-22(11-9-21)19(26)15-12-18(25)23(13-15)17-6-4-16(5-7-17)20-14(2)24/h4-7,15H,3,8-13H2,1-2H3,(H,20,24). The van der Waals surface area contributed by atoms with Gasteiger partial charge in [-0.2, -0.15) is 0 Å². The molecule has 7 nitrogen and oxygen atoms in total. The van der Waals surface area contributed by atoms with Gasteiger partial charge in [-0.15, -0.1) is 0 Å². The Balaban J connectivity index is 1.61. The molecule has 1 N–H and O–H groups in total. The lowest BCUT2D eigenvalue weighted by atomic mass is 10.1. The van der Waals surface area contributed by atoms with Crippen LogP contribution in [0.15, 0.2) is 24.3 Å². The molecule has 2 aliphatic rings. The van der Waals surface area contributed by atoms with Crippen molar-refractivity contribution in [3.63, 3.8) is 0 Å². The minimum Gasteiger partial charge on any atom is -0.340 e. The maximum absolute atomic E-state index is 12.8. The van der Waals surface area contributed by atoms with Crippen molar-refractivity contribution in [1.29, 1.82) is 0 Å². The molecule has 0 saturated carbocycles. The lowest BCUT2D eigenvalue weighted by molar-refractivity contribution is -0.137. The number of nitrogens with zero attached hydrogens (tertiary/aromatic N) is 3. The largest absolute Gasteiger partial charge is 0.340 e. The van der Waals surface area contributed by atoms with Crippen LogP contribution in [0.3, 0.4) is 0 Å². The lowest BCUT2D eigenvalue weighted by Crippen LogP contribution is -2.50. The molecule has 0 aliphatic carbocycles. The predicted octanol–water partition coefficient (Wildman–Crippen LogP) is 1.16. The van der Waals surface area contributed by atoms with Crippen LogP contribution in [0.25, 0.3) is 0 Å². The van der Waals surface area contributed by atoms with E-state index in [-0.39, 0.29) is 30.1 Å². The third kappa shape index (κ3) is 4.04. The Bertz CT molecular complexity index is 681. The van der Waals surface area contributed by atoms with E-state index in [1.165, 1.54) is 6.92 Å². The molecular formula is C19H26N4O3. The van der Waals surface area contributed by atoms with E-state index in [9.17, 15) is 14.4 Å². The summed E-state index contributed by atoms with van der Waals surface area (Å²) < 4.78 is 0. The van der Waals surface area contributed by atoms with Crippen molar-refractivity contribution in [1.82, 2.24) is 9.80 Å². The number of benzene rings is 1. The molecule has 2 saturated heterocycles. The van der Waals surface area contributed by atoms with Gasteiger partial charge in [0.15, 0.2) is 0 Å². The number of likely N-dealkylation sites (N-methyl/N-ethyl adjacent to an activating group) is 1. The minimum absolute atomic E-state index is 0.0252. The van der Waals surface area contributed by atoms with Crippen LogP contribution in [0.4, 0.5) is 11.4 Å². The van der Waals surface area contributed by atoms with Crippen molar-refractivity contribution in [3.05, 3.63) is 24.3 Å². The zero-order chi connectivity index (χ0) is 18.7. The summed E-state index contributed by atoms with van der Waals surface area (Å²) in [5, 5.41) is 2.71. The molecule has 1 atom stereocenters.